The highest BCUT2D eigenvalue weighted by atomic mass is 16.5. The van der Waals surface area contributed by atoms with Gasteiger partial charge in [0.1, 0.15) is 12.6 Å². The van der Waals surface area contributed by atoms with Gasteiger partial charge in [-0.15, -0.1) is 0 Å². The van der Waals surface area contributed by atoms with E-state index < -0.39 is 12.1 Å². The highest BCUT2D eigenvalue weighted by molar-refractivity contribution is 5.85. The molecule has 0 spiro atoms. The molecule has 49 heavy (non-hydrogen) atoms. The fourth-order valence-corrected chi connectivity index (χ4v) is 6.55. The second-order valence-corrected chi connectivity index (χ2v) is 13.0. The summed E-state index contributed by atoms with van der Waals surface area (Å²) >= 11 is 0. The Labute approximate surface area is 286 Å². The van der Waals surface area contributed by atoms with E-state index in [0.29, 0.717) is 37.2 Å². The van der Waals surface area contributed by atoms with Crippen molar-refractivity contribution in [3.8, 4) is 0 Å². The Morgan fingerprint density at radius 2 is 1.59 bits per heavy atom. The fourth-order valence-electron chi connectivity index (χ4n) is 6.55. The van der Waals surface area contributed by atoms with Crippen molar-refractivity contribution in [1.29, 1.82) is 0 Å². The van der Waals surface area contributed by atoms with E-state index in [2.05, 4.69) is 27.0 Å². The minimum absolute atomic E-state index is 0.104. The maximum atomic E-state index is 13.3. The van der Waals surface area contributed by atoms with Gasteiger partial charge < -0.3 is 25.3 Å². The van der Waals surface area contributed by atoms with Crippen molar-refractivity contribution in [2.45, 2.75) is 89.3 Å². The number of hydrogen-bond donors (Lipinski definition) is 3. The van der Waals surface area contributed by atoms with E-state index in [-0.39, 0.29) is 29.7 Å². The number of rotatable bonds is 18. The predicted molar refractivity (Wildman–Crippen MR) is 191 cm³/mol. The summed E-state index contributed by atoms with van der Waals surface area (Å²) in [6.07, 6.45) is 10.6. The number of aromatic nitrogens is 4. The molecule has 5 rings (SSSR count). The number of imidazole rings is 1. The number of para-hydroxylation sites is 1. The standard InChI is InChI=1S/C37H49N7O5/c1-42-26-40-33-32(42)35(46)44(37(48)43(33)2)22-16-9-7-5-3-4-6-8-15-21-38-34(45)31(23-28-24-39-30-20-14-13-19-29(28)30)41-36(47)49-25-27-17-11-10-12-18-27/h10-14,17-20,26,28,31,39H,3-9,15-16,21-25H2,1-2H3,(H,38,45)(H,41,47). The van der Waals surface area contributed by atoms with Gasteiger partial charge in [-0.05, 0) is 36.5 Å². The van der Waals surface area contributed by atoms with E-state index in [1.807, 2.05) is 48.5 Å². The molecule has 0 fully saturated rings. The lowest BCUT2D eigenvalue weighted by atomic mass is 9.93. The molecule has 2 amide bonds. The zero-order valence-electron chi connectivity index (χ0n) is 28.7. The number of unbranched alkanes of at least 4 members (excludes halogenated alkanes) is 8. The number of benzene rings is 2. The lowest BCUT2D eigenvalue weighted by molar-refractivity contribution is -0.123. The zero-order chi connectivity index (χ0) is 34.6. The number of ether oxygens (including phenoxy) is 1. The van der Waals surface area contributed by atoms with Crippen molar-refractivity contribution in [3.05, 3.63) is 92.9 Å². The molecule has 3 N–H and O–H groups in total. The summed E-state index contributed by atoms with van der Waals surface area (Å²) in [6.45, 7) is 1.82. The van der Waals surface area contributed by atoms with Gasteiger partial charge in [0.05, 0.1) is 6.33 Å². The highest BCUT2D eigenvalue weighted by Crippen LogP contribution is 2.34. The molecule has 2 aromatic carbocycles. The molecule has 262 valence electrons. The number of anilines is 1. The number of alkyl carbamates (subject to hydrolysis) is 1. The van der Waals surface area contributed by atoms with Crippen molar-refractivity contribution in [3.63, 3.8) is 0 Å². The van der Waals surface area contributed by atoms with Gasteiger partial charge >= 0.3 is 11.8 Å². The van der Waals surface area contributed by atoms with Crippen LogP contribution in [0.15, 0.2) is 70.5 Å². The van der Waals surface area contributed by atoms with Gasteiger partial charge in [-0.1, -0.05) is 93.5 Å². The fraction of sp³-hybridized carbons (Fsp3) is 0.486. The number of carbonyl (C=O) groups excluding carboxylic acids is 2. The van der Waals surface area contributed by atoms with Crippen molar-refractivity contribution >= 4 is 28.9 Å². The van der Waals surface area contributed by atoms with E-state index in [9.17, 15) is 19.2 Å². The number of fused-ring (bicyclic) bond motifs is 2. The van der Waals surface area contributed by atoms with Crippen LogP contribution in [0.25, 0.3) is 11.2 Å². The third-order valence-electron chi connectivity index (χ3n) is 9.34. The lowest BCUT2D eigenvalue weighted by Crippen LogP contribution is -2.48. The first-order chi connectivity index (χ1) is 23.8. The minimum atomic E-state index is -0.707. The number of nitrogens with zero attached hydrogens (tertiary/aromatic N) is 4. The van der Waals surface area contributed by atoms with Gasteiger partial charge in [0, 0.05) is 45.3 Å². The Morgan fingerprint density at radius 1 is 0.918 bits per heavy atom. The first-order valence-corrected chi connectivity index (χ1v) is 17.5. The van der Waals surface area contributed by atoms with Gasteiger partial charge in [-0.2, -0.15) is 0 Å². The van der Waals surface area contributed by atoms with Crippen LogP contribution in [-0.4, -0.2) is 49.8 Å². The molecule has 0 saturated carbocycles. The van der Waals surface area contributed by atoms with Gasteiger partial charge in [0.15, 0.2) is 11.2 Å². The molecular weight excluding hydrogens is 622 g/mol. The minimum Gasteiger partial charge on any atom is -0.445 e. The predicted octanol–water partition coefficient (Wildman–Crippen LogP) is 4.96. The second-order valence-electron chi connectivity index (χ2n) is 13.0. The smallest absolute Gasteiger partial charge is 0.408 e. The molecule has 12 nitrogen and oxygen atoms in total. The van der Waals surface area contributed by atoms with E-state index in [1.54, 1.807) is 25.0 Å². The van der Waals surface area contributed by atoms with E-state index in [4.69, 9.17) is 4.74 Å². The van der Waals surface area contributed by atoms with E-state index in [1.165, 1.54) is 9.13 Å². The van der Waals surface area contributed by atoms with Gasteiger partial charge in [-0.3, -0.25) is 18.7 Å². The molecule has 0 radical (unpaired) electrons. The lowest BCUT2D eigenvalue weighted by Gasteiger charge is -2.21. The summed E-state index contributed by atoms with van der Waals surface area (Å²) in [7, 11) is 3.41. The van der Waals surface area contributed by atoms with Crippen molar-refractivity contribution in [2.24, 2.45) is 14.1 Å². The van der Waals surface area contributed by atoms with Crippen LogP contribution in [0, 0.1) is 0 Å². The van der Waals surface area contributed by atoms with Crippen molar-refractivity contribution in [2.75, 3.05) is 18.4 Å². The number of carbonyl (C=O) groups is 2. The van der Waals surface area contributed by atoms with E-state index in [0.717, 1.165) is 74.6 Å². The summed E-state index contributed by atoms with van der Waals surface area (Å²) in [6, 6.07) is 16.8. The number of aryl methyl sites for hydroxylation is 2. The molecule has 2 aromatic heterocycles. The van der Waals surface area contributed by atoms with Crippen LogP contribution in [0.3, 0.4) is 0 Å². The summed E-state index contributed by atoms with van der Waals surface area (Å²) < 4.78 is 9.85. The Kier molecular flexibility index (Phi) is 12.7. The van der Waals surface area contributed by atoms with Crippen LogP contribution in [-0.2, 0) is 36.8 Å². The summed E-state index contributed by atoms with van der Waals surface area (Å²) in [5.74, 6) is -0.0888. The van der Waals surface area contributed by atoms with Crippen LogP contribution in [0.1, 0.15) is 81.3 Å². The third-order valence-corrected chi connectivity index (χ3v) is 9.34. The van der Waals surface area contributed by atoms with Crippen molar-refractivity contribution in [1.82, 2.24) is 29.3 Å². The topological polar surface area (TPSA) is 141 Å². The van der Waals surface area contributed by atoms with Gasteiger partial charge in [0.25, 0.3) is 5.56 Å². The maximum Gasteiger partial charge on any atom is 0.408 e. The summed E-state index contributed by atoms with van der Waals surface area (Å²) in [5, 5.41) is 9.26. The van der Waals surface area contributed by atoms with Gasteiger partial charge in [-0.25, -0.2) is 14.6 Å². The molecule has 0 aliphatic carbocycles. The second kappa shape index (κ2) is 17.5. The molecular formula is C37H49N7O5. The van der Waals surface area contributed by atoms with Crippen LogP contribution in [0.5, 0.6) is 0 Å². The number of hydrogen-bond acceptors (Lipinski definition) is 7. The number of amides is 2. The Morgan fingerprint density at radius 3 is 2.35 bits per heavy atom. The first-order valence-electron chi connectivity index (χ1n) is 17.5. The summed E-state index contributed by atoms with van der Waals surface area (Å²) in [4.78, 5) is 55.6. The van der Waals surface area contributed by atoms with Crippen molar-refractivity contribution < 1.29 is 14.3 Å². The van der Waals surface area contributed by atoms with Crippen LogP contribution >= 0.6 is 0 Å². The zero-order valence-corrected chi connectivity index (χ0v) is 28.7. The average Bonchev–Trinajstić information content (AvgIpc) is 3.71. The number of nitrogens with one attached hydrogen (secondary N) is 3. The maximum absolute atomic E-state index is 13.3. The van der Waals surface area contributed by atoms with Crippen LogP contribution in [0.2, 0.25) is 0 Å². The van der Waals surface area contributed by atoms with E-state index >= 15 is 0 Å². The normalized spacial score (nSPS) is 14.3. The molecule has 3 heterocycles. The molecule has 0 saturated heterocycles. The molecule has 1 aliphatic rings. The van der Waals surface area contributed by atoms with Crippen LogP contribution < -0.4 is 27.2 Å². The largest absolute Gasteiger partial charge is 0.445 e. The Bertz CT molecular complexity index is 1810. The summed E-state index contributed by atoms with van der Waals surface area (Å²) in [5.41, 5.74) is 3.37. The highest BCUT2D eigenvalue weighted by Gasteiger charge is 2.30. The monoisotopic (exact) mass is 671 g/mol. The van der Waals surface area contributed by atoms with Gasteiger partial charge in [0.2, 0.25) is 5.91 Å². The quantitative estimate of drug-likeness (QED) is 0.127. The molecule has 2 atom stereocenters. The SMILES string of the molecule is Cn1cnc2c1c(=O)n(CCCCCCCCCCCNC(=O)C(CC1CNc3ccccc31)NC(=O)OCc1ccccc1)c(=O)n2C. The molecule has 4 aromatic rings. The Hall–Kier alpha value is -4.87. The first kappa shape index (κ1) is 35.4. The molecule has 12 heteroatoms. The average molecular weight is 672 g/mol. The third kappa shape index (κ3) is 9.39. The molecule has 1 aliphatic heterocycles. The van der Waals surface area contributed by atoms with Crippen LogP contribution in [0.4, 0.5) is 10.5 Å². The Balaban J connectivity index is 0.972. The molecule has 2 unspecified atom stereocenters. The molecule has 0 bridgehead atoms.